The van der Waals surface area contributed by atoms with Gasteiger partial charge in [0.05, 0.1) is 11.9 Å². The van der Waals surface area contributed by atoms with Gasteiger partial charge >= 0.3 is 0 Å². The summed E-state index contributed by atoms with van der Waals surface area (Å²) in [5, 5.41) is 0. The minimum Gasteiger partial charge on any atom is -0.366 e. The molecule has 4 heteroatoms. The minimum atomic E-state index is 0.659. The minimum absolute atomic E-state index is 0.659. The molecule has 0 aliphatic carbocycles. The van der Waals surface area contributed by atoms with Crippen molar-refractivity contribution in [2.24, 2.45) is 11.8 Å². The lowest BCUT2D eigenvalue weighted by Crippen LogP contribution is -2.49. The average molecular weight is 306 g/mol. The monoisotopic (exact) mass is 306 g/mol. The maximum atomic E-state index is 4.53. The van der Waals surface area contributed by atoms with Crippen LogP contribution in [0.15, 0.2) is 43.0 Å². The second-order valence-electron chi connectivity index (χ2n) is 7.40. The van der Waals surface area contributed by atoms with E-state index in [0.717, 1.165) is 17.4 Å². The molecule has 2 aromatic heterocycles. The summed E-state index contributed by atoms with van der Waals surface area (Å²) in [5.41, 5.74) is 3.59. The first-order valence-corrected chi connectivity index (χ1v) is 8.69. The van der Waals surface area contributed by atoms with E-state index < -0.39 is 0 Å². The third-order valence-electron chi connectivity index (χ3n) is 5.72. The quantitative estimate of drug-likeness (QED) is 0.854. The van der Waals surface area contributed by atoms with E-state index in [9.17, 15) is 0 Å². The summed E-state index contributed by atoms with van der Waals surface area (Å²) >= 11 is 0. The molecule has 2 aromatic rings. The smallest absolute Gasteiger partial charge is 0.0562 e. The number of anilines is 1. The van der Waals surface area contributed by atoms with Crippen molar-refractivity contribution in [2.75, 3.05) is 31.1 Å². The highest BCUT2D eigenvalue weighted by Gasteiger charge is 2.41. The fraction of sp³-hybridized carbons (Fsp3) is 0.474. The molecule has 6 rings (SSSR count). The second-order valence-corrected chi connectivity index (χ2v) is 7.40. The van der Waals surface area contributed by atoms with Gasteiger partial charge in [0.25, 0.3) is 0 Å². The van der Waals surface area contributed by atoms with Gasteiger partial charge in [-0.05, 0) is 36.8 Å². The first-order chi connectivity index (χ1) is 11.3. The van der Waals surface area contributed by atoms with Crippen LogP contribution in [0.4, 0.5) is 5.69 Å². The van der Waals surface area contributed by atoms with Crippen molar-refractivity contribution in [3.05, 3.63) is 43.0 Å². The van der Waals surface area contributed by atoms with Crippen LogP contribution in [0.2, 0.25) is 0 Å². The Balaban J connectivity index is 1.50. The van der Waals surface area contributed by atoms with Crippen LogP contribution in [0.3, 0.4) is 0 Å². The van der Waals surface area contributed by atoms with Gasteiger partial charge in [-0.2, -0.15) is 0 Å². The molecule has 4 saturated heterocycles. The summed E-state index contributed by atoms with van der Waals surface area (Å²) < 4.78 is 0. The van der Waals surface area contributed by atoms with Crippen LogP contribution in [-0.4, -0.2) is 47.1 Å². The molecule has 4 bridgehead atoms. The molecule has 0 spiro atoms. The van der Waals surface area contributed by atoms with E-state index in [1.807, 2.05) is 30.9 Å². The predicted molar refractivity (Wildman–Crippen MR) is 91.3 cm³/mol. The van der Waals surface area contributed by atoms with Crippen LogP contribution in [0.1, 0.15) is 12.8 Å². The first kappa shape index (κ1) is 13.5. The molecule has 4 aliphatic heterocycles. The van der Waals surface area contributed by atoms with Crippen LogP contribution >= 0.6 is 0 Å². The number of pyridine rings is 2. The molecular weight excluding hydrogens is 284 g/mol. The third-order valence-corrected chi connectivity index (χ3v) is 5.72. The van der Waals surface area contributed by atoms with Crippen molar-refractivity contribution in [2.45, 2.75) is 18.9 Å². The van der Waals surface area contributed by atoms with Gasteiger partial charge in [0, 0.05) is 61.9 Å². The Kier molecular flexibility index (Phi) is 3.11. The Morgan fingerprint density at radius 2 is 1.78 bits per heavy atom. The Bertz CT molecular complexity index is 688. The number of aromatic nitrogens is 2. The van der Waals surface area contributed by atoms with Gasteiger partial charge in [-0.1, -0.05) is 6.07 Å². The lowest BCUT2D eigenvalue weighted by Gasteiger charge is -2.41. The predicted octanol–water partition coefficient (Wildman–Crippen LogP) is 2.67. The number of fused-ring (bicyclic) bond motifs is 1. The van der Waals surface area contributed by atoms with E-state index in [1.165, 1.54) is 50.3 Å². The lowest BCUT2D eigenvalue weighted by molar-refractivity contribution is 0.0980. The van der Waals surface area contributed by atoms with Crippen molar-refractivity contribution in [3.8, 4) is 11.1 Å². The van der Waals surface area contributed by atoms with Crippen molar-refractivity contribution >= 4 is 5.69 Å². The summed E-state index contributed by atoms with van der Waals surface area (Å²) in [6.07, 6.45) is 10.5. The van der Waals surface area contributed by atoms with Crippen molar-refractivity contribution < 1.29 is 0 Å². The highest BCUT2D eigenvalue weighted by Crippen LogP contribution is 2.38. The molecule has 0 saturated carbocycles. The largest absolute Gasteiger partial charge is 0.366 e. The average Bonchev–Trinajstić information content (AvgIpc) is 2.79. The number of hydrogen-bond donors (Lipinski definition) is 0. The zero-order chi connectivity index (χ0) is 15.2. The molecule has 4 atom stereocenters. The Hall–Kier alpha value is -1.94. The highest BCUT2D eigenvalue weighted by molar-refractivity contribution is 5.66. The Morgan fingerprint density at radius 3 is 2.65 bits per heavy atom. The summed E-state index contributed by atoms with van der Waals surface area (Å²) in [4.78, 5) is 14.1. The number of nitrogens with zero attached hydrogens (tertiary/aromatic N) is 4. The molecule has 4 nitrogen and oxygen atoms in total. The molecule has 4 fully saturated rings. The normalized spacial score (nSPS) is 32.1. The highest BCUT2D eigenvalue weighted by atomic mass is 15.3. The third kappa shape index (κ3) is 2.41. The van der Waals surface area contributed by atoms with E-state index in [1.54, 1.807) is 0 Å². The van der Waals surface area contributed by atoms with Gasteiger partial charge in [-0.15, -0.1) is 0 Å². The molecule has 118 valence electrons. The van der Waals surface area contributed by atoms with Crippen LogP contribution < -0.4 is 4.90 Å². The van der Waals surface area contributed by atoms with E-state index >= 15 is 0 Å². The number of hydrogen-bond acceptors (Lipinski definition) is 4. The zero-order valence-electron chi connectivity index (χ0n) is 13.3. The number of piperidine rings is 2. The fourth-order valence-electron chi connectivity index (χ4n) is 4.88. The summed E-state index contributed by atoms with van der Waals surface area (Å²) in [6, 6.07) is 7.05. The van der Waals surface area contributed by atoms with Gasteiger partial charge < -0.3 is 9.80 Å². The molecular formula is C19H22N4. The van der Waals surface area contributed by atoms with Crippen LogP contribution in [-0.2, 0) is 0 Å². The van der Waals surface area contributed by atoms with E-state index in [4.69, 9.17) is 0 Å². The fourth-order valence-corrected chi connectivity index (χ4v) is 4.88. The van der Waals surface area contributed by atoms with Gasteiger partial charge in [0.1, 0.15) is 0 Å². The van der Waals surface area contributed by atoms with Gasteiger partial charge in [0.2, 0.25) is 0 Å². The molecule has 0 amide bonds. The first-order valence-electron chi connectivity index (χ1n) is 8.69. The van der Waals surface area contributed by atoms with Gasteiger partial charge in [0.15, 0.2) is 0 Å². The maximum Gasteiger partial charge on any atom is 0.0562 e. The lowest BCUT2D eigenvalue weighted by atomic mass is 9.84. The topological polar surface area (TPSA) is 32.3 Å². The molecule has 0 N–H and O–H groups in total. The number of rotatable bonds is 2. The maximum absolute atomic E-state index is 4.53. The second kappa shape index (κ2) is 5.31. The van der Waals surface area contributed by atoms with E-state index in [2.05, 4.69) is 31.9 Å². The Labute approximate surface area is 137 Å². The zero-order valence-corrected chi connectivity index (χ0v) is 13.3. The Morgan fingerprint density at radius 1 is 0.870 bits per heavy atom. The molecule has 0 radical (unpaired) electrons. The van der Waals surface area contributed by atoms with Crippen molar-refractivity contribution in [1.82, 2.24) is 14.9 Å². The molecule has 0 aromatic carbocycles. The SMILES string of the molecule is c1cncc(-c2cncc(N3CC4CC5CC3CN(C5)C4)c2)c1. The van der Waals surface area contributed by atoms with E-state index in [0.29, 0.717) is 6.04 Å². The standard InChI is InChI=1S/C19H22N4/c1-2-16(7-20-3-1)17-6-18(9-21-8-17)23-12-15-4-14-5-19(23)13-22(10-14)11-15/h1-3,6-9,14-15,19H,4-5,10-13H2. The van der Waals surface area contributed by atoms with Crippen molar-refractivity contribution in [1.29, 1.82) is 0 Å². The van der Waals surface area contributed by atoms with Crippen molar-refractivity contribution in [3.63, 3.8) is 0 Å². The van der Waals surface area contributed by atoms with Gasteiger partial charge in [-0.25, -0.2) is 0 Å². The van der Waals surface area contributed by atoms with Gasteiger partial charge in [-0.3, -0.25) is 9.97 Å². The molecule has 23 heavy (non-hydrogen) atoms. The summed E-state index contributed by atoms with van der Waals surface area (Å²) in [7, 11) is 0. The molecule has 4 unspecified atom stereocenters. The molecule has 4 aliphatic rings. The van der Waals surface area contributed by atoms with Crippen LogP contribution in [0.5, 0.6) is 0 Å². The summed E-state index contributed by atoms with van der Waals surface area (Å²) in [6.45, 7) is 5.04. The van der Waals surface area contributed by atoms with E-state index in [-0.39, 0.29) is 0 Å². The van der Waals surface area contributed by atoms with Crippen LogP contribution in [0.25, 0.3) is 11.1 Å². The summed E-state index contributed by atoms with van der Waals surface area (Å²) in [5.74, 6) is 1.73. The van der Waals surface area contributed by atoms with Crippen LogP contribution in [0, 0.1) is 11.8 Å². The molecule has 6 heterocycles.